The Labute approximate surface area is 108 Å². The Balaban J connectivity index is 2.58. The highest BCUT2D eigenvalue weighted by Gasteiger charge is 2.27. The van der Waals surface area contributed by atoms with Gasteiger partial charge in [-0.05, 0) is 13.5 Å². The molecule has 0 aromatic carbocycles. The number of sulfonamides is 1. The second-order valence-corrected chi connectivity index (χ2v) is 5.57. The molecule has 3 N–H and O–H groups in total. The third kappa shape index (κ3) is 5.17. The van der Waals surface area contributed by atoms with Crippen molar-refractivity contribution in [2.45, 2.75) is 30.6 Å². The van der Waals surface area contributed by atoms with Crippen molar-refractivity contribution in [3.05, 3.63) is 11.8 Å². The molecule has 0 unspecified atom stereocenters. The van der Waals surface area contributed by atoms with Gasteiger partial charge in [0.1, 0.15) is 0 Å². The maximum absolute atomic E-state index is 11.9. The SMILES string of the molecule is CNCc1cn[nH]c1S(=O)(=O)NCCCC(F)(F)F. The van der Waals surface area contributed by atoms with E-state index < -0.39 is 22.6 Å². The van der Waals surface area contributed by atoms with Crippen LogP contribution in [0.3, 0.4) is 0 Å². The quantitative estimate of drug-likeness (QED) is 0.649. The molecule has 0 aliphatic rings. The predicted octanol–water partition coefficient (Wildman–Crippen LogP) is 0.750. The zero-order valence-corrected chi connectivity index (χ0v) is 11.0. The Bertz CT molecular complexity index is 498. The van der Waals surface area contributed by atoms with Crippen LogP contribution in [0.2, 0.25) is 0 Å². The predicted molar refractivity (Wildman–Crippen MR) is 61.8 cm³/mol. The largest absolute Gasteiger partial charge is 0.389 e. The van der Waals surface area contributed by atoms with E-state index in [1.165, 1.54) is 6.20 Å². The number of rotatable bonds is 7. The first-order chi connectivity index (χ1) is 8.76. The van der Waals surface area contributed by atoms with Crippen LogP contribution in [-0.4, -0.2) is 38.4 Å². The lowest BCUT2D eigenvalue weighted by atomic mass is 10.3. The molecule has 0 bridgehead atoms. The number of aromatic nitrogens is 2. The Hall–Kier alpha value is -1.13. The molecule has 1 aromatic heterocycles. The standard InChI is InChI=1S/C9H15F3N4O2S/c1-13-5-7-6-14-16-8(7)19(17,18)15-4-2-3-9(10,11)12/h6,13,15H,2-5H2,1H3,(H,14,16). The summed E-state index contributed by atoms with van der Waals surface area (Å²) in [6, 6.07) is 0. The van der Waals surface area contributed by atoms with E-state index >= 15 is 0 Å². The number of hydrogen-bond acceptors (Lipinski definition) is 4. The minimum Gasteiger partial charge on any atom is -0.316 e. The van der Waals surface area contributed by atoms with Gasteiger partial charge in [-0.3, -0.25) is 5.10 Å². The van der Waals surface area contributed by atoms with Crippen molar-refractivity contribution in [3.63, 3.8) is 0 Å². The first-order valence-corrected chi connectivity index (χ1v) is 6.98. The van der Waals surface area contributed by atoms with Crippen molar-refractivity contribution in [2.24, 2.45) is 0 Å². The first-order valence-electron chi connectivity index (χ1n) is 5.49. The fraction of sp³-hybridized carbons (Fsp3) is 0.667. The lowest BCUT2D eigenvalue weighted by Crippen LogP contribution is -2.27. The van der Waals surface area contributed by atoms with Crippen molar-refractivity contribution < 1.29 is 21.6 Å². The van der Waals surface area contributed by atoms with Crippen LogP contribution >= 0.6 is 0 Å². The molecule has 0 radical (unpaired) electrons. The molecule has 0 saturated heterocycles. The molecule has 1 aromatic rings. The smallest absolute Gasteiger partial charge is 0.316 e. The van der Waals surface area contributed by atoms with Gasteiger partial charge >= 0.3 is 6.18 Å². The summed E-state index contributed by atoms with van der Waals surface area (Å²) in [5.41, 5.74) is 0.422. The summed E-state index contributed by atoms with van der Waals surface area (Å²) in [5, 5.41) is 8.57. The van der Waals surface area contributed by atoms with Gasteiger partial charge in [0.2, 0.25) is 0 Å². The van der Waals surface area contributed by atoms with E-state index in [0.29, 0.717) is 5.56 Å². The fourth-order valence-electron chi connectivity index (χ4n) is 1.42. The Kier molecular flexibility index (Phi) is 5.32. The van der Waals surface area contributed by atoms with Crippen LogP contribution in [0, 0.1) is 0 Å². The molecule has 0 fully saturated rings. The van der Waals surface area contributed by atoms with Crippen LogP contribution in [0.5, 0.6) is 0 Å². The number of nitrogens with one attached hydrogen (secondary N) is 3. The zero-order chi connectivity index (χ0) is 14.5. The van der Waals surface area contributed by atoms with Crippen LogP contribution in [0.15, 0.2) is 11.2 Å². The van der Waals surface area contributed by atoms with E-state index in [1.54, 1.807) is 7.05 Å². The second-order valence-electron chi connectivity index (χ2n) is 3.87. The van der Waals surface area contributed by atoms with Crippen molar-refractivity contribution in [2.75, 3.05) is 13.6 Å². The van der Waals surface area contributed by atoms with Crippen LogP contribution in [0.25, 0.3) is 0 Å². The van der Waals surface area contributed by atoms with Crippen LogP contribution in [0.4, 0.5) is 13.2 Å². The summed E-state index contributed by atoms with van der Waals surface area (Å²) in [6.07, 6.45) is -4.27. The topological polar surface area (TPSA) is 86.9 Å². The van der Waals surface area contributed by atoms with E-state index in [0.717, 1.165) is 0 Å². The van der Waals surface area contributed by atoms with E-state index in [-0.39, 0.29) is 24.5 Å². The van der Waals surface area contributed by atoms with Gasteiger partial charge in [0, 0.05) is 25.1 Å². The van der Waals surface area contributed by atoms with E-state index in [4.69, 9.17) is 0 Å². The highest BCUT2D eigenvalue weighted by Crippen LogP contribution is 2.21. The summed E-state index contributed by atoms with van der Waals surface area (Å²) in [5.74, 6) is 0. The van der Waals surface area contributed by atoms with Crippen molar-refractivity contribution >= 4 is 10.0 Å². The summed E-state index contributed by atoms with van der Waals surface area (Å²) in [7, 11) is -2.22. The molecule has 0 spiro atoms. The Morgan fingerprint density at radius 3 is 2.68 bits per heavy atom. The number of nitrogens with zero attached hydrogens (tertiary/aromatic N) is 1. The molecule has 1 rings (SSSR count). The summed E-state index contributed by atoms with van der Waals surface area (Å²) in [6.45, 7) is 0.00908. The molecule has 110 valence electrons. The number of H-pyrrole nitrogens is 1. The molecule has 0 atom stereocenters. The van der Waals surface area contributed by atoms with E-state index in [1.807, 2.05) is 0 Å². The molecule has 19 heavy (non-hydrogen) atoms. The normalized spacial score (nSPS) is 12.8. The highest BCUT2D eigenvalue weighted by molar-refractivity contribution is 7.89. The fourth-order valence-corrected chi connectivity index (χ4v) is 2.62. The van der Waals surface area contributed by atoms with Crippen molar-refractivity contribution in [3.8, 4) is 0 Å². The number of alkyl halides is 3. The van der Waals surface area contributed by atoms with Crippen molar-refractivity contribution in [1.29, 1.82) is 0 Å². The van der Waals surface area contributed by atoms with Gasteiger partial charge in [-0.2, -0.15) is 18.3 Å². The molecule has 0 saturated carbocycles. The molecule has 10 heteroatoms. The molecule has 0 amide bonds. The van der Waals surface area contributed by atoms with Gasteiger partial charge < -0.3 is 5.32 Å². The molecule has 0 aliphatic carbocycles. The molecule has 0 aliphatic heterocycles. The van der Waals surface area contributed by atoms with Gasteiger partial charge in [0.05, 0.1) is 6.20 Å². The molecule has 6 nitrogen and oxygen atoms in total. The van der Waals surface area contributed by atoms with Gasteiger partial charge in [-0.25, -0.2) is 13.1 Å². The van der Waals surface area contributed by atoms with E-state index in [2.05, 4.69) is 20.2 Å². The van der Waals surface area contributed by atoms with Crippen LogP contribution in [-0.2, 0) is 16.6 Å². The summed E-state index contributed by atoms with van der Waals surface area (Å²) in [4.78, 5) is 0. The maximum Gasteiger partial charge on any atom is 0.389 e. The van der Waals surface area contributed by atoms with Gasteiger partial charge in [0.15, 0.2) is 5.03 Å². The third-order valence-corrected chi connectivity index (χ3v) is 3.72. The van der Waals surface area contributed by atoms with Crippen LogP contribution in [0.1, 0.15) is 18.4 Å². The highest BCUT2D eigenvalue weighted by atomic mass is 32.2. The van der Waals surface area contributed by atoms with E-state index in [9.17, 15) is 21.6 Å². The van der Waals surface area contributed by atoms with Crippen molar-refractivity contribution in [1.82, 2.24) is 20.2 Å². The van der Waals surface area contributed by atoms with Crippen LogP contribution < -0.4 is 10.0 Å². The average molecular weight is 300 g/mol. The van der Waals surface area contributed by atoms with Gasteiger partial charge in [-0.1, -0.05) is 0 Å². The Morgan fingerprint density at radius 2 is 2.11 bits per heavy atom. The second kappa shape index (κ2) is 6.35. The summed E-state index contributed by atoms with van der Waals surface area (Å²) < 4.78 is 61.5. The third-order valence-electron chi connectivity index (χ3n) is 2.24. The monoisotopic (exact) mass is 300 g/mol. The lowest BCUT2D eigenvalue weighted by molar-refractivity contribution is -0.135. The molecular formula is C9H15F3N4O2S. The molecule has 1 heterocycles. The number of halogens is 3. The minimum absolute atomic E-state index is 0.131. The lowest BCUT2D eigenvalue weighted by Gasteiger charge is -2.08. The summed E-state index contributed by atoms with van der Waals surface area (Å²) >= 11 is 0. The first kappa shape index (κ1) is 15.9. The minimum atomic E-state index is -4.28. The molecular weight excluding hydrogens is 285 g/mol. The zero-order valence-electron chi connectivity index (χ0n) is 10.2. The van der Waals surface area contributed by atoms with Gasteiger partial charge in [0.25, 0.3) is 10.0 Å². The number of hydrogen-bond donors (Lipinski definition) is 3. The average Bonchev–Trinajstić information content (AvgIpc) is 2.73. The van der Waals surface area contributed by atoms with Gasteiger partial charge in [-0.15, -0.1) is 0 Å². The number of aromatic amines is 1. The maximum atomic E-state index is 11.9. The Morgan fingerprint density at radius 1 is 1.42 bits per heavy atom.